The largest absolute Gasteiger partial charge is 0.451 e. The average Bonchev–Trinajstić information content (AvgIpc) is 3.17. The highest BCUT2D eigenvalue weighted by Crippen LogP contribution is 2.13. The molecule has 3 aromatic rings. The number of imidazole rings is 1. The van der Waals surface area contributed by atoms with Crippen LogP contribution in [-0.2, 0) is 9.53 Å². The lowest BCUT2D eigenvalue weighted by Crippen LogP contribution is -2.31. The third kappa shape index (κ3) is 4.16. The average molecular weight is 349 g/mol. The number of amides is 1. The number of hydrogen-bond donors (Lipinski definition) is 1. The molecule has 2 aromatic carbocycles. The molecule has 26 heavy (non-hydrogen) atoms. The first-order chi connectivity index (χ1) is 12.6. The number of hydrogen-bond acceptors (Lipinski definition) is 4. The zero-order chi connectivity index (χ0) is 18.4. The molecule has 6 heteroatoms. The van der Waals surface area contributed by atoms with Crippen molar-refractivity contribution in [1.29, 1.82) is 0 Å². The Kier molecular flexibility index (Phi) is 5.43. The summed E-state index contributed by atoms with van der Waals surface area (Å²) in [6.07, 6.45) is 2.95. The fourth-order valence-corrected chi connectivity index (χ4v) is 2.55. The van der Waals surface area contributed by atoms with Crippen molar-refractivity contribution in [2.24, 2.45) is 0 Å². The van der Waals surface area contributed by atoms with Crippen LogP contribution >= 0.6 is 0 Å². The molecule has 0 radical (unpaired) electrons. The minimum Gasteiger partial charge on any atom is -0.451 e. The molecule has 0 aliphatic heterocycles. The zero-order valence-corrected chi connectivity index (χ0v) is 14.3. The Morgan fingerprint density at radius 2 is 1.73 bits per heavy atom. The minimum atomic E-state index is -0.603. The van der Waals surface area contributed by atoms with E-state index in [1.54, 1.807) is 4.57 Å². The van der Waals surface area contributed by atoms with E-state index in [0.717, 1.165) is 11.3 Å². The van der Waals surface area contributed by atoms with Gasteiger partial charge in [-0.25, -0.2) is 9.78 Å². The molecule has 1 aromatic heterocycles. The van der Waals surface area contributed by atoms with E-state index in [-0.39, 0.29) is 24.2 Å². The second-order valence-corrected chi connectivity index (χ2v) is 5.76. The molecule has 0 bridgehead atoms. The lowest BCUT2D eigenvalue weighted by Gasteiger charge is -2.14. The van der Waals surface area contributed by atoms with Crippen LogP contribution in [0.5, 0.6) is 0 Å². The fraction of sp³-hybridized carbons (Fsp3) is 0.150. The van der Waals surface area contributed by atoms with Crippen molar-refractivity contribution in [3.8, 4) is 5.69 Å². The summed E-state index contributed by atoms with van der Waals surface area (Å²) < 4.78 is 6.75. The molecule has 1 atom stereocenters. The number of carbonyl (C=O) groups is 2. The van der Waals surface area contributed by atoms with Gasteiger partial charge in [0.05, 0.1) is 18.6 Å². The number of esters is 1. The Morgan fingerprint density at radius 3 is 2.42 bits per heavy atom. The molecule has 0 saturated carbocycles. The Hall–Kier alpha value is -3.41. The molecule has 6 nitrogen and oxygen atoms in total. The molecule has 1 N–H and O–H groups in total. The van der Waals surface area contributed by atoms with E-state index in [1.807, 2.05) is 67.6 Å². The van der Waals surface area contributed by atoms with Crippen molar-refractivity contribution < 1.29 is 14.3 Å². The normalized spacial score (nSPS) is 11.6. The van der Waals surface area contributed by atoms with Gasteiger partial charge in [-0.2, -0.15) is 0 Å². The first-order valence-electron chi connectivity index (χ1n) is 8.24. The van der Waals surface area contributed by atoms with E-state index >= 15 is 0 Å². The summed E-state index contributed by atoms with van der Waals surface area (Å²) in [5.74, 6) is -0.964. The summed E-state index contributed by atoms with van der Waals surface area (Å²) in [5.41, 5.74) is 2.04. The van der Waals surface area contributed by atoms with E-state index in [4.69, 9.17) is 4.74 Å². The van der Waals surface area contributed by atoms with Crippen LogP contribution in [0, 0.1) is 0 Å². The number of nitrogens with one attached hydrogen (secondary N) is 1. The van der Waals surface area contributed by atoms with Crippen molar-refractivity contribution in [3.63, 3.8) is 0 Å². The SMILES string of the molecule is CC(NC(=O)COC(=O)c1cncn1-c1ccccc1)c1ccccc1. The molecule has 0 spiro atoms. The highest BCUT2D eigenvalue weighted by atomic mass is 16.5. The molecule has 0 saturated heterocycles. The van der Waals surface area contributed by atoms with E-state index < -0.39 is 5.97 Å². The summed E-state index contributed by atoms with van der Waals surface area (Å²) in [7, 11) is 0. The monoisotopic (exact) mass is 349 g/mol. The maximum atomic E-state index is 12.3. The van der Waals surface area contributed by atoms with Crippen molar-refractivity contribution >= 4 is 11.9 Å². The lowest BCUT2D eigenvalue weighted by molar-refractivity contribution is -0.124. The molecule has 1 unspecified atom stereocenters. The van der Waals surface area contributed by atoms with Crippen LogP contribution in [0.25, 0.3) is 5.69 Å². The summed E-state index contributed by atoms with van der Waals surface area (Å²) in [6.45, 7) is 1.52. The summed E-state index contributed by atoms with van der Waals surface area (Å²) in [6, 6.07) is 18.7. The number of aromatic nitrogens is 2. The van der Waals surface area contributed by atoms with Gasteiger partial charge in [0.15, 0.2) is 12.3 Å². The number of ether oxygens (including phenoxy) is 1. The Balaban J connectivity index is 1.58. The van der Waals surface area contributed by atoms with Gasteiger partial charge in [-0.3, -0.25) is 9.36 Å². The van der Waals surface area contributed by atoms with Gasteiger partial charge in [0, 0.05) is 5.69 Å². The molecule has 3 rings (SSSR count). The number of rotatable bonds is 6. The number of benzene rings is 2. The lowest BCUT2D eigenvalue weighted by atomic mass is 10.1. The molecule has 132 valence electrons. The van der Waals surface area contributed by atoms with E-state index in [2.05, 4.69) is 10.3 Å². The Bertz CT molecular complexity index is 876. The summed E-state index contributed by atoms with van der Waals surface area (Å²) in [4.78, 5) is 28.3. The highest BCUT2D eigenvalue weighted by molar-refractivity contribution is 5.90. The van der Waals surface area contributed by atoms with Gasteiger partial charge in [-0.05, 0) is 24.6 Å². The van der Waals surface area contributed by atoms with Crippen molar-refractivity contribution in [1.82, 2.24) is 14.9 Å². The molecule has 0 aliphatic carbocycles. The van der Waals surface area contributed by atoms with Gasteiger partial charge in [0.1, 0.15) is 0 Å². The summed E-state index contributed by atoms with van der Waals surface area (Å²) >= 11 is 0. The quantitative estimate of drug-likeness (QED) is 0.695. The van der Waals surface area contributed by atoms with Crippen molar-refractivity contribution in [2.45, 2.75) is 13.0 Å². The van der Waals surface area contributed by atoms with Crippen LogP contribution in [0.1, 0.15) is 29.0 Å². The van der Waals surface area contributed by atoms with Gasteiger partial charge >= 0.3 is 5.97 Å². The molecule has 0 fully saturated rings. The van der Waals surface area contributed by atoms with Crippen molar-refractivity contribution in [2.75, 3.05) is 6.61 Å². The van der Waals surface area contributed by atoms with Gasteiger partial charge < -0.3 is 10.1 Å². The van der Waals surface area contributed by atoms with Crippen LogP contribution in [0.3, 0.4) is 0 Å². The van der Waals surface area contributed by atoms with E-state index in [9.17, 15) is 9.59 Å². The van der Waals surface area contributed by atoms with Gasteiger partial charge in [0.2, 0.25) is 0 Å². The van der Waals surface area contributed by atoms with Crippen LogP contribution in [0.15, 0.2) is 73.2 Å². The zero-order valence-electron chi connectivity index (χ0n) is 14.3. The number of carbonyl (C=O) groups excluding carboxylic acids is 2. The predicted molar refractivity (Wildman–Crippen MR) is 96.8 cm³/mol. The maximum Gasteiger partial charge on any atom is 0.357 e. The van der Waals surface area contributed by atoms with Crippen LogP contribution in [0.4, 0.5) is 0 Å². The molecular formula is C20H19N3O3. The Morgan fingerprint density at radius 1 is 1.08 bits per heavy atom. The third-order valence-electron chi connectivity index (χ3n) is 3.89. The second-order valence-electron chi connectivity index (χ2n) is 5.76. The van der Waals surface area contributed by atoms with Crippen LogP contribution in [-0.4, -0.2) is 28.0 Å². The van der Waals surface area contributed by atoms with Gasteiger partial charge in [0.25, 0.3) is 5.91 Å². The number of para-hydroxylation sites is 1. The second kappa shape index (κ2) is 8.11. The minimum absolute atomic E-state index is 0.169. The van der Waals surface area contributed by atoms with Crippen molar-refractivity contribution in [3.05, 3.63) is 84.4 Å². The highest BCUT2D eigenvalue weighted by Gasteiger charge is 2.17. The smallest absolute Gasteiger partial charge is 0.357 e. The topological polar surface area (TPSA) is 73.2 Å². The first-order valence-corrected chi connectivity index (χ1v) is 8.24. The van der Waals surface area contributed by atoms with Gasteiger partial charge in [-0.15, -0.1) is 0 Å². The van der Waals surface area contributed by atoms with Crippen LogP contribution < -0.4 is 5.32 Å². The molecule has 0 aliphatic rings. The standard InChI is InChI=1S/C20H19N3O3/c1-15(16-8-4-2-5-9-16)22-19(24)13-26-20(25)18-12-21-14-23(18)17-10-6-3-7-11-17/h2-12,14-15H,13H2,1H3,(H,22,24). The van der Waals surface area contributed by atoms with E-state index in [0.29, 0.717) is 0 Å². The maximum absolute atomic E-state index is 12.3. The number of nitrogens with zero attached hydrogens (tertiary/aromatic N) is 2. The fourth-order valence-electron chi connectivity index (χ4n) is 2.55. The third-order valence-corrected chi connectivity index (χ3v) is 3.89. The van der Waals surface area contributed by atoms with E-state index in [1.165, 1.54) is 12.5 Å². The molecule has 1 heterocycles. The first kappa shape index (κ1) is 17.4. The predicted octanol–water partition coefficient (Wildman–Crippen LogP) is 2.91. The van der Waals surface area contributed by atoms with Crippen LogP contribution in [0.2, 0.25) is 0 Å². The molecular weight excluding hydrogens is 330 g/mol. The molecule has 1 amide bonds. The summed E-state index contributed by atoms with van der Waals surface area (Å²) in [5, 5.41) is 2.80. The Labute approximate surface area is 151 Å². The van der Waals surface area contributed by atoms with Gasteiger partial charge in [-0.1, -0.05) is 48.5 Å².